The lowest BCUT2D eigenvalue weighted by atomic mass is 10.2. The lowest BCUT2D eigenvalue weighted by molar-refractivity contribution is -0.384. The van der Waals surface area contributed by atoms with Crippen molar-refractivity contribution in [3.63, 3.8) is 0 Å². The van der Waals surface area contributed by atoms with Crippen LogP contribution in [0.5, 0.6) is 5.75 Å². The van der Waals surface area contributed by atoms with E-state index >= 15 is 0 Å². The second-order valence-electron chi connectivity index (χ2n) is 4.77. The molecule has 7 heteroatoms. The first kappa shape index (κ1) is 16.8. The second-order valence-corrected chi connectivity index (χ2v) is 5.21. The van der Waals surface area contributed by atoms with Crippen LogP contribution in [-0.2, 0) is 4.79 Å². The topological polar surface area (TPSA) is 81.5 Å². The Hall–Kier alpha value is -2.60. The van der Waals surface area contributed by atoms with E-state index in [9.17, 15) is 14.9 Å². The van der Waals surface area contributed by atoms with E-state index < -0.39 is 11.0 Å². The molecule has 1 N–H and O–H groups in total. The third kappa shape index (κ3) is 4.69. The summed E-state index contributed by atoms with van der Waals surface area (Å²) in [5, 5.41) is 13.9. The molecule has 6 nitrogen and oxygen atoms in total. The van der Waals surface area contributed by atoms with Crippen LogP contribution in [0.2, 0.25) is 5.02 Å². The molecule has 2 aromatic carbocycles. The summed E-state index contributed by atoms with van der Waals surface area (Å²) in [6.07, 6.45) is -0.291. The van der Waals surface area contributed by atoms with Crippen molar-refractivity contribution in [2.75, 3.05) is 5.32 Å². The number of benzene rings is 2. The highest BCUT2D eigenvalue weighted by Crippen LogP contribution is 2.21. The maximum Gasteiger partial charge on any atom is 0.271 e. The van der Waals surface area contributed by atoms with Crippen molar-refractivity contribution in [2.45, 2.75) is 19.4 Å². The molecule has 0 aliphatic heterocycles. The normalized spacial score (nSPS) is 11.6. The molecule has 0 aliphatic rings. The van der Waals surface area contributed by atoms with Crippen molar-refractivity contribution >= 4 is 28.9 Å². The Kier molecular flexibility index (Phi) is 5.54. The SMILES string of the molecule is CCC(Oc1cccc(Cl)c1)C(=O)Nc1cccc([N+](=O)[O-])c1. The number of hydrogen-bond donors (Lipinski definition) is 1. The second kappa shape index (κ2) is 7.60. The van der Waals surface area contributed by atoms with E-state index in [1.807, 2.05) is 6.92 Å². The first-order chi connectivity index (χ1) is 11.0. The first-order valence-corrected chi connectivity index (χ1v) is 7.35. The summed E-state index contributed by atoms with van der Waals surface area (Å²) in [4.78, 5) is 22.5. The molecular weight excluding hydrogens is 320 g/mol. The lowest BCUT2D eigenvalue weighted by Crippen LogP contribution is -2.32. The molecule has 0 saturated heterocycles. The van der Waals surface area contributed by atoms with Crippen molar-refractivity contribution in [3.8, 4) is 5.75 Å². The number of ether oxygens (including phenoxy) is 1. The average molecular weight is 335 g/mol. The van der Waals surface area contributed by atoms with E-state index in [0.29, 0.717) is 22.9 Å². The van der Waals surface area contributed by atoms with Gasteiger partial charge in [-0.3, -0.25) is 14.9 Å². The van der Waals surface area contributed by atoms with Gasteiger partial charge in [0.05, 0.1) is 4.92 Å². The van der Waals surface area contributed by atoms with Crippen LogP contribution < -0.4 is 10.1 Å². The Bertz CT molecular complexity index is 721. The molecule has 2 rings (SSSR count). The van der Waals surface area contributed by atoms with Gasteiger partial charge >= 0.3 is 0 Å². The largest absolute Gasteiger partial charge is 0.481 e. The fourth-order valence-electron chi connectivity index (χ4n) is 1.95. The number of halogens is 1. The zero-order valence-electron chi connectivity index (χ0n) is 12.4. The minimum atomic E-state index is -0.729. The van der Waals surface area contributed by atoms with Crippen LogP contribution in [0, 0.1) is 10.1 Å². The minimum Gasteiger partial charge on any atom is -0.481 e. The van der Waals surface area contributed by atoms with Crippen LogP contribution >= 0.6 is 11.6 Å². The molecular formula is C16H15ClN2O4. The van der Waals surface area contributed by atoms with Crippen molar-refractivity contribution in [2.24, 2.45) is 0 Å². The Labute approximate surface area is 138 Å². The maximum atomic E-state index is 12.3. The van der Waals surface area contributed by atoms with Crippen molar-refractivity contribution in [3.05, 3.63) is 63.7 Å². The van der Waals surface area contributed by atoms with E-state index in [4.69, 9.17) is 16.3 Å². The maximum absolute atomic E-state index is 12.3. The Morgan fingerprint density at radius 2 is 2.04 bits per heavy atom. The summed E-state index contributed by atoms with van der Waals surface area (Å²) < 4.78 is 5.63. The molecule has 0 heterocycles. The highest BCUT2D eigenvalue weighted by Gasteiger charge is 2.19. The van der Waals surface area contributed by atoms with Gasteiger partial charge in [0.1, 0.15) is 5.75 Å². The molecule has 23 heavy (non-hydrogen) atoms. The number of carbonyl (C=O) groups excluding carboxylic acids is 1. The molecule has 0 bridgehead atoms. The van der Waals surface area contributed by atoms with E-state index in [1.165, 1.54) is 18.2 Å². The quantitative estimate of drug-likeness (QED) is 0.638. The minimum absolute atomic E-state index is 0.0911. The molecule has 0 aromatic heterocycles. The van der Waals surface area contributed by atoms with Gasteiger partial charge in [0.15, 0.2) is 6.10 Å². The smallest absolute Gasteiger partial charge is 0.271 e. The van der Waals surface area contributed by atoms with Gasteiger partial charge in [-0.1, -0.05) is 30.7 Å². The summed E-state index contributed by atoms with van der Waals surface area (Å²) in [5.41, 5.74) is 0.254. The summed E-state index contributed by atoms with van der Waals surface area (Å²) in [7, 11) is 0. The van der Waals surface area contributed by atoms with Crippen molar-refractivity contribution < 1.29 is 14.5 Å². The van der Waals surface area contributed by atoms with Gasteiger partial charge in [0.25, 0.3) is 11.6 Å². The molecule has 1 atom stereocenters. The fourth-order valence-corrected chi connectivity index (χ4v) is 2.13. The molecule has 0 saturated carbocycles. The highest BCUT2D eigenvalue weighted by atomic mass is 35.5. The zero-order valence-corrected chi connectivity index (χ0v) is 13.1. The van der Waals surface area contributed by atoms with Crippen LogP contribution in [-0.4, -0.2) is 16.9 Å². The molecule has 0 fully saturated rings. The van der Waals surface area contributed by atoms with Crippen LogP contribution in [0.3, 0.4) is 0 Å². The van der Waals surface area contributed by atoms with Gasteiger partial charge in [-0.2, -0.15) is 0 Å². The van der Waals surface area contributed by atoms with Crippen LogP contribution in [0.15, 0.2) is 48.5 Å². The molecule has 0 spiro atoms. The summed E-state index contributed by atoms with van der Waals surface area (Å²) >= 11 is 5.88. The fraction of sp³-hybridized carbons (Fsp3) is 0.188. The standard InChI is InChI=1S/C16H15ClN2O4/c1-2-15(23-14-8-3-5-11(17)9-14)16(20)18-12-6-4-7-13(10-12)19(21)22/h3-10,15H,2H2,1H3,(H,18,20). The molecule has 1 amide bonds. The number of non-ortho nitro benzene ring substituents is 1. The van der Waals surface area contributed by atoms with Gasteiger partial charge in [0, 0.05) is 22.8 Å². The van der Waals surface area contributed by atoms with Crippen LogP contribution in [0.25, 0.3) is 0 Å². The monoisotopic (exact) mass is 334 g/mol. The predicted octanol–water partition coefficient (Wildman–Crippen LogP) is 4.04. The first-order valence-electron chi connectivity index (χ1n) is 6.97. The van der Waals surface area contributed by atoms with Gasteiger partial charge < -0.3 is 10.1 Å². The number of nitrogens with zero attached hydrogens (tertiary/aromatic N) is 1. The van der Waals surface area contributed by atoms with Crippen LogP contribution in [0.4, 0.5) is 11.4 Å². The third-order valence-electron chi connectivity index (χ3n) is 3.06. The Morgan fingerprint density at radius 3 is 2.70 bits per heavy atom. The average Bonchev–Trinajstić information content (AvgIpc) is 2.52. The van der Waals surface area contributed by atoms with E-state index in [0.717, 1.165) is 0 Å². The number of rotatable bonds is 6. The molecule has 2 aromatic rings. The highest BCUT2D eigenvalue weighted by molar-refractivity contribution is 6.30. The van der Waals surface area contributed by atoms with Gasteiger partial charge in [-0.25, -0.2) is 0 Å². The van der Waals surface area contributed by atoms with Gasteiger partial charge in [-0.15, -0.1) is 0 Å². The molecule has 120 valence electrons. The van der Waals surface area contributed by atoms with E-state index in [-0.39, 0.29) is 11.6 Å². The zero-order chi connectivity index (χ0) is 16.8. The number of hydrogen-bond acceptors (Lipinski definition) is 4. The number of nitro groups is 1. The lowest BCUT2D eigenvalue weighted by Gasteiger charge is -2.17. The molecule has 0 aliphatic carbocycles. The van der Waals surface area contributed by atoms with Crippen molar-refractivity contribution in [1.82, 2.24) is 0 Å². The number of carbonyl (C=O) groups is 1. The summed E-state index contributed by atoms with van der Waals surface area (Å²) in [6.45, 7) is 1.81. The summed E-state index contributed by atoms with van der Waals surface area (Å²) in [6, 6.07) is 12.5. The Morgan fingerprint density at radius 1 is 1.30 bits per heavy atom. The van der Waals surface area contributed by atoms with Crippen molar-refractivity contribution in [1.29, 1.82) is 0 Å². The Balaban J connectivity index is 2.08. The summed E-state index contributed by atoms with van der Waals surface area (Å²) in [5.74, 6) is 0.103. The third-order valence-corrected chi connectivity index (χ3v) is 3.30. The molecule has 0 radical (unpaired) electrons. The number of nitro benzene ring substituents is 1. The molecule has 1 unspecified atom stereocenters. The van der Waals surface area contributed by atoms with Gasteiger partial charge in [-0.05, 0) is 30.7 Å². The number of nitrogens with one attached hydrogen (secondary N) is 1. The van der Waals surface area contributed by atoms with Crippen LogP contribution in [0.1, 0.15) is 13.3 Å². The predicted molar refractivity (Wildman–Crippen MR) is 87.9 cm³/mol. The number of amides is 1. The van der Waals surface area contributed by atoms with E-state index in [2.05, 4.69) is 5.32 Å². The van der Waals surface area contributed by atoms with E-state index in [1.54, 1.807) is 30.3 Å². The number of anilines is 1. The van der Waals surface area contributed by atoms with Gasteiger partial charge in [0.2, 0.25) is 0 Å².